The molecule has 4 nitrogen and oxygen atoms in total. The van der Waals surface area contributed by atoms with Gasteiger partial charge in [-0.15, -0.1) is 11.3 Å². The number of thiophene rings is 1. The van der Waals surface area contributed by atoms with Gasteiger partial charge in [0.05, 0.1) is 5.92 Å². The maximum absolute atomic E-state index is 10.6. The fraction of sp³-hybridized carbons (Fsp3) is 0.250. The predicted molar refractivity (Wildman–Crippen MR) is 48.7 cm³/mol. The second-order valence-electron chi connectivity index (χ2n) is 2.54. The van der Waals surface area contributed by atoms with Gasteiger partial charge in [-0.2, -0.15) is 0 Å². The Kier molecular flexibility index (Phi) is 3.16. The topological polar surface area (TPSA) is 80.4 Å². The van der Waals surface area contributed by atoms with E-state index in [0.717, 1.165) is 0 Å². The summed E-state index contributed by atoms with van der Waals surface area (Å²) in [6.45, 7) is 0. The SMILES string of the molecule is N[C@H](C(=O)O)[C@@H](C=O)c1cccs1. The standard InChI is InChI=1S/C8H9NO3S/c9-7(8(11)12)5(4-10)6-2-1-3-13-6/h1-5,7H,9H2,(H,11,12)/t5-,7-/m0/s1. The summed E-state index contributed by atoms with van der Waals surface area (Å²) < 4.78 is 0. The van der Waals surface area contributed by atoms with Crippen molar-refractivity contribution in [2.75, 3.05) is 0 Å². The molecule has 0 spiro atoms. The molecule has 13 heavy (non-hydrogen) atoms. The van der Waals surface area contributed by atoms with E-state index in [2.05, 4.69) is 0 Å². The van der Waals surface area contributed by atoms with Crippen LogP contribution in [0.15, 0.2) is 17.5 Å². The third kappa shape index (κ3) is 2.13. The molecule has 0 saturated carbocycles. The lowest BCUT2D eigenvalue weighted by Crippen LogP contribution is -2.36. The summed E-state index contributed by atoms with van der Waals surface area (Å²) in [7, 11) is 0. The first-order chi connectivity index (χ1) is 6.16. The van der Waals surface area contributed by atoms with E-state index in [4.69, 9.17) is 10.8 Å². The predicted octanol–water partition coefficient (Wildman–Crippen LogP) is 0.442. The summed E-state index contributed by atoms with van der Waals surface area (Å²) in [6.07, 6.45) is 0.574. The van der Waals surface area contributed by atoms with E-state index in [0.29, 0.717) is 11.2 Å². The molecule has 1 heterocycles. The van der Waals surface area contributed by atoms with Gasteiger partial charge in [-0.1, -0.05) is 6.07 Å². The van der Waals surface area contributed by atoms with E-state index in [-0.39, 0.29) is 0 Å². The third-order valence-electron chi connectivity index (χ3n) is 1.69. The molecule has 2 atom stereocenters. The normalized spacial score (nSPS) is 14.8. The summed E-state index contributed by atoms with van der Waals surface area (Å²) in [5, 5.41) is 10.4. The van der Waals surface area contributed by atoms with Gasteiger partial charge in [0.2, 0.25) is 0 Å². The van der Waals surface area contributed by atoms with Crippen molar-refractivity contribution in [2.24, 2.45) is 5.73 Å². The summed E-state index contributed by atoms with van der Waals surface area (Å²) in [6, 6.07) is 2.30. The van der Waals surface area contributed by atoms with Gasteiger partial charge >= 0.3 is 5.97 Å². The number of aliphatic carboxylic acids is 1. The van der Waals surface area contributed by atoms with Crippen molar-refractivity contribution in [3.63, 3.8) is 0 Å². The zero-order valence-corrected chi connectivity index (χ0v) is 7.53. The highest BCUT2D eigenvalue weighted by Gasteiger charge is 2.25. The summed E-state index contributed by atoms with van der Waals surface area (Å²) in [4.78, 5) is 21.8. The van der Waals surface area contributed by atoms with Gasteiger partial charge in [-0.25, -0.2) is 0 Å². The molecule has 0 aromatic carbocycles. The Balaban J connectivity index is 2.86. The van der Waals surface area contributed by atoms with Crippen molar-refractivity contribution >= 4 is 23.6 Å². The first-order valence-corrected chi connectivity index (χ1v) is 4.52. The van der Waals surface area contributed by atoms with Crippen molar-refractivity contribution in [2.45, 2.75) is 12.0 Å². The monoisotopic (exact) mass is 199 g/mol. The average Bonchev–Trinajstić information content (AvgIpc) is 2.58. The van der Waals surface area contributed by atoms with E-state index >= 15 is 0 Å². The van der Waals surface area contributed by atoms with E-state index in [1.54, 1.807) is 17.5 Å². The van der Waals surface area contributed by atoms with Crippen molar-refractivity contribution in [3.05, 3.63) is 22.4 Å². The zero-order valence-electron chi connectivity index (χ0n) is 6.71. The fourth-order valence-corrected chi connectivity index (χ4v) is 1.79. The van der Waals surface area contributed by atoms with E-state index in [1.165, 1.54) is 11.3 Å². The number of carboxylic acid groups (broad SMARTS) is 1. The maximum Gasteiger partial charge on any atom is 0.321 e. The Morgan fingerprint density at radius 1 is 1.69 bits per heavy atom. The largest absolute Gasteiger partial charge is 0.480 e. The molecule has 5 heteroatoms. The van der Waals surface area contributed by atoms with Gasteiger partial charge in [0.15, 0.2) is 0 Å². The minimum absolute atomic E-state index is 0.574. The van der Waals surface area contributed by atoms with Crippen molar-refractivity contribution in [1.82, 2.24) is 0 Å². The van der Waals surface area contributed by atoms with Gasteiger partial charge in [-0.3, -0.25) is 4.79 Å². The van der Waals surface area contributed by atoms with Crippen LogP contribution in [0.5, 0.6) is 0 Å². The van der Waals surface area contributed by atoms with Crippen LogP contribution in [0.4, 0.5) is 0 Å². The average molecular weight is 199 g/mol. The molecule has 0 bridgehead atoms. The minimum atomic E-state index is -1.16. The molecule has 1 rings (SSSR count). The lowest BCUT2D eigenvalue weighted by Gasteiger charge is -2.12. The molecule has 0 fully saturated rings. The Hall–Kier alpha value is -1.20. The molecular formula is C8H9NO3S. The number of carbonyl (C=O) groups is 2. The molecular weight excluding hydrogens is 190 g/mol. The highest BCUT2D eigenvalue weighted by atomic mass is 32.1. The van der Waals surface area contributed by atoms with Crippen LogP contribution in [-0.4, -0.2) is 23.4 Å². The highest BCUT2D eigenvalue weighted by Crippen LogP contribution is 2.21. The van der Waals surface area contributed by atoms with Gasteiger partial charge in [0.1, 0.15) is 12.3 Å². The molecule has 1 aromatic rings. The Labute approximate surface area is 79.0 Å². The Bertz CT molecular complexity index is 296. The Morgan fingerprint density at radius 3 is 2.77 bits per heavy atom. The lowest BCUT2D eigenvalue weighted by atomic mass is 10.0. The van der Waals surface area contributed by atoms with Gasteiger partial charge < -0.3 is 15.6 Å². The van der Waals surface area contributed by atoms with Crippen molar-refractivity contribution < 1.29 is 14.7 Å². The van der Waals surface area contributed by atoms with Crippen molar-refractivity contribution in [3.8, 4) is 0 Å². The summed E-state index contributed by atoms with van der Waals surface area (Å²) in [5.74, 6) is -1.90. The number of hydrogen-bond donors (Lipinski definition) is 2. The first-order valence-electron chi connectivity index (χ1n) is 3.64. The van der Waals surface area contributed by atoms with Crippen LogP contribution < -0.4 is 5.73 Å². The summed E-state index contributed by atoms with van der Waals surface area (Å²) >= 11 is 1.33. The first kappa shape index (κ1) is 9.88. The maximum atomic E-state index is 10.6. The van der Waals surface area contributed by atoms with Crippen LogP contribution in [0.1, 0.15) is 10.8 Å². The molecule has 1 aromatic heterocycles. The molecule has 3 N–H and O–H groups in total. The minimum Gasteiger partial charge on any atom is -0.480 e. The molecule has 0 radical (unpaired) electrons. The number of hydrogen-bond acceptors (Lipinski definition) is 4. The number of rotatable bonds is 4. The Morgan fingerprint density at radius 2 is 2.38 bits per heavy atom. The molecule has 70 valence electrons. The van der Waals surface area contributed by atoms with Gasteiger partial charge in [-0.05, 0) is 11.4 Å². The van der Waals surface area contributed by atoms with E-state index in [9.17, 15) is 9.59 Å². The molecule has 0 saturated heterocycles. The lowest BCUT2D eigenvalue weighted by molar-refractivity contribution is -0.140. The molecule has 0 amide bonds. The summed E-state index contributed by atoms with van der Waals surface area (Å²) in [5.41, 5.74) is 5.34. The van der Waals surface area contributed by atoms with Crippen LogP contribution in [0.2, 0.25) is 0 Å². The smallest absolute Gasteiger partial charge is 0.321 e. The van der Waals surface area contributed by atoms with E-state index in [1.807, 2.05) is 0 Å². The third-order valence-corrected chi connectivity index (χ3v) is 2.66. The number of carbonyl (C=O) groups excluding carboxylic acids is 1. The molecule has 0 aliphatic rings. The molecule has 0 unspecified atom stereocenters. The van der Waals surface area contributed by atoms with Crippen LogP contribution >= 0.6 is 11.3 Å². The quantitative estimate of drug-likeness (QED) is 0.689. The molecule has 0 aliphatic heterocycles. The second-order valence-corrected chi connectivity index (χ2v) is 3.52. The zero-order chi connectivity index (χ0) is 9.84. The van der Waals surface area contributed by atoms with Gasteiger partial charge in [0.25, 0.3) is 0 Å². The number of nitrogens with two attached hydrogens (primary N) is 1. The highest BCUT2D eigenvalue weighted by molar-refractivity contribution is 7.10. The number of carboxylic acids is 1. The molecule has 0 aliphatic carbocycles. The van der Waals surface area contributed by atoms with Crippen LogP contribution in [0, 0.1) is 0 Å². The number of aldehydes is 1. The van der Waals surface area contributed by atoms with Crippen LogP contribution in [-0.2, 0) is 9.59 Å². The van der Waals surface area contributed by atoms with Crippen LogP contribution in [0.3, 0.4) is 0 Å². The van der Waals surface area contributed by atoms with Crippen molar-refractivity contribution in [1.29, 1.82) is 0 Å². The second kappa shape index (κ2) is 4.15. The van der Waals surface area contributed by atoms with Crippen LogP contribution in [0.25, 0.3) is 0 Å². The van der Waals surface area contributed by atoms with Gasteiger partial charge in [0, 0.05) is 4.88 Å². The fourth-order valence-electron chi connectivity index (χ4n) is 0.963. The van der Waals surface area contributed by atoms with E-state index < -0.39 is 17.9 Å².